The van der Waals surface area contributed by atoms with Crippen LogP contribution in [0, 0.1) is 0 Å². The van der Waals surface area contributed by atoms with Gasteiger partial charge in [-0.05, 0) is 32.4 Å². The van der Waals surface area contributed by atoms with E-state index in [1.807, 2.05) is 45.0 Å². The molecule has 0 spiro atoms. The summed E-state index contributed by atoms with van der Waals surface area (Å²) in [5, 5.41) is 24.5. The number of hydrogen-bond donors (Lipinski definition) is 1. The molecule has 0 aliphatic rings. The first kappa shape index (κ1) is 20.5. The van der Waals surface area contributed by atoms with Crippen LogP contribution in [0.15, 0.2) is 63.6 Å². The second kappa shape index (κ2) is 8.14. The molecule has 0 atom stereocenters. The van der Waals surface area contributed by atoms with Crippen LogP contribution in [0.5, 0.6) is 5.88 Å². The largest absolute Gasteiger partial charge is 0.493 e. The first-order chi connectivity index (χ1) is 14.9. The fraction of sp³-hybridized carbons (Fsp3) is 0.261. The summed E-state index contributed by atoms with van der Waals surface area (Å²) in [4.78, 5) is 25.6. The average Bonchev–Trinajstić information content (AvgIpc) is 3.05. The number of aryl methyl sites for hydroxylation is 1. The third kappa shape index (κ3) is 3.50. The summed E-state index contributed by atoms with van der Waals surface area (Å²) in [6.07, 6.45) is 0.697. The standard InChI is InChI=1S/C23H23N5O3/c1-4-13-27-22(30)16-10-6-5-9-15(16)19(26-27)21(29)25-24-20-17-11-7-8-12-18(17)28(14(2)3)23(20)31/h5-12,14,31H,4,13H2,1-3H3. The molecule has 2 heterocycles. The van der Waals surface area contributed by atoms with Crippen molar-refractivity contribution in [3.63, 3.8) is 0 Å². The van der Waals surface area contributed by atoms with E-state index >= 15 is 0 Å². The van der Waals surface area contributed by atoms with Gasteiger partial charge in [-0.2, -0.15) is 5.10 Å². The van der Waals surface area contributed by atoms with Crippen molar-refractivity contribution in [2.75, 3.05) is 0 Å². The van der Waals surface area contributed by atoms with Crippen LogP contribution in [-0.4, -0.2) is 25.4 Å². The Bertz CT molecular complexity index is 1380. The zero-order chi connectivity index (χ0) is 22.1. The number of hydrogen-bond acceptors (Lipinski definition) is 5. The number of para-hydroxylation sites is 1. The Kier molecular flexibility index (Phi) is 5.37. The maximum Gasteiger partial charge on any atom is 0.316 e. The number of rotatable bonds is 5. The van der Waals surface area contributed by atoms with Crippen LogP contribution in [-0.2, 0) is 6.54 Å². The van der Waals surface area contributed by atoms with Crippen molar-refractivity contribution in [1.29, 1.82) is 0 Å². The monoisotopic (exact) mass is 417 g/mol. The van der Waals surface area contributed by atoms with Gasteiger partial charge in [0.15, 0.2) is 11.4 Å². The lowest BCUT2D eigenvalue weighted by atomic mass is 10.1. The van der Waals surface area contributed by atoms with Crippen molar-refractivity contribution in [3.05, 3.63) is 64.6 Å². The molecule has 1 N–H and O–H groups in total. The van der Waals surface area contributed by atoms with Crippen molar-refractivity contribution in [2.24, 2.45) is 10.2 Å². The van der Waals surface area contributed by atoms with Crippen LogP contribution in [0.1, 0.15) is 43.7 Å². The van der Waals surface area contributed by atoms with Gasteiger partial charge in [0.25, 0.3) is 5.56 Å². The molecule has 8 heteroatoms. The molecule has 0 bridgehead atoms. The maximum atomic E-state index is 13.0. The fourth-order valence-corrected chi connectivity index (χ4v) is 3.75. The minimum atomic E-state index is -0.679. The molecule has 0 aliphatic carbocycles. The van der Waals surface area contributed by atoms with Crippen LogP contribution in [0.4, 0.5) is 5.69 Å². The lowest BCUT2D eigenvalue weighted by Gasteiger charge is -2.10. The van der Waals surface area contributed by atoms with E-state index in [1.54, 1.807) is 28.8 Å². The van der Waals surface area contributed by atoms with Crippen LogP contribution < -0.4 is 5.56 Å². The van der Waals surface area contributed by atoms with E-state index in [4.69, 9.17) is 0 Å². The third-order valence-corrected chi connectivity index (χ3v) is 5.12. The molecule has 2 aromatic heterocycles. The van der Waals surface area contributed by atoms with Crippen molar-refractivity contribution < 1.29 is 9.90 Å². The molecule has 31 heavy (non-hydrogen) atoms. The van der Waals surface area contributed by atoms with Crippen molar-refractivity contribution in [3.8, 4) is 5.88 Å². The lowest BCUT2D eigenvalue weighted by Crippen LogP contribution is -2.25. The molecule has 158 valence electrons. The average molecular weight is 417 g/mol. The predicted octanol–water partition coefficient (Wildman–Crippen LogP) is 4.97. The van der Waals surface area contributed by atoms with Gasteiger partial charge in [0, 0.05) is 23.4 Å². The summed E-state index contributed by atoms with van der Waals surface area (Å²) >= 11 is 0. The topological polar surface area (TPSA) is 102 Å². The highest BCUT2D eigenvalue weighted by atomic mass is 16.3. The predicted molar refractivity (Wildman–Crippen MR) is 119 cm³/mol. The minimum Gasteiger partial charge on any atom is -0.493 e. The van der Waals surface area contributed by atoms with E-state index in [1.165, 1.54) is 4.68 Å². The second-order valence-electron chi connectivity index (χ2n) is 7.58. The molecule has 4 aromatic rings. The Morgan fingerprint density at radius 1 is 1.06 bits per heavy atom. The van der Waals surface area contributed by atoms with Crippen LogP contribution in [0.3, 0.4) is 0 Å². The van der Waals surface area contributed by atoms with Crippen LogP contribution >= 0.6 is 0 Å². The van der Waals surface area contributed by atoms with Gasteiger partial charge in [-0.3, -0.25) is 9.59 Å². The molecule has 0 unspecified atom stereocenters. The molecular formula is C23H23N5O3. The summed E-state index contributed by atoms with van der Waals surface area (Å²) in [7, 11) is 0. The van der Waals surface area contributed by atoms with E-state index in [0.717, 1.165) is 5.52 Å². The SMILES string of the molecule is CCCn1nc(C(=O)N=Nc2c(O)n(C(C)C)c3ccccc23)c2ccccc2c1=O. The highest BCUT2D eigenvalue weighted by Crippen LogP contribution is 2.40. The fourth-order valence-electron chi connectivity index (χ4n) is 3.75. The highest BCUT2D eigenvalue weighted by Gasteiger charge is 2.20. The Balaban J connectivity index is 1.83. The number of aromatic hydroxyl groups is 1. The van der Waals surface area contributed by atoms with Gasteiger partial charge < -0.3 is 9.67 Å². The number of nitrogens with zero attached hydrogens (tertiary/aromatic N) is 5. The lowest BCUT2D eigenvalue weighted by molar-refractivity contribution is 0.0989. The highest BCUT2D eigenvalue weighted by molar-refractivity contribution is 6.05. The van der Waals surface area contributed by atoms with E-state index in [2.05, 4.69) is 15.3 Å². The molecule has 8 nitrogen and oxygen atoms in total. The first-order valence-electron chi connectivity index (χ1n) is 10.2. The Hall–Kier alpha value is -3.81. The van der Waals surface area contributed by atoms with Crippen molar-refractivity contribution >= 4 is 33.3 Å². The number of benzene rings is 2. The number of amides is 1. The van der Waals surface area contributed by atoms with Gasteiger partial charge in [0.2, 0.25) is 5.88 Å². The molecule has 0 fully saturated rings. The summed E-state index contributed by atoms with van der Waals surface area (Å²) < 4.78 is 3.02. The maximum absolute atomic E-state index is 13.0. The van der Waals surface area contributed by atoms with Gasteiger partial charge in [-0.15, -0.1) is 10.2 Å². The summed E-state index contributed by atoms with van der Waals surface area (Å²) in [5.41, 5.74) is 0.836. The Morgan fingerprint density at radius 2 is 1.71 bits per heavy atom. The Labute approximate surface area is 178 Å². The second-order valence-corrected chi connectivity index (χ2v) is 7.58. The molecule has 0 saturated carbocycles. The van der Waals surface area contributed by atoms with Gasteiger partial charge in [-0.25, -0.2) is 4.68 Å². The summed E-state index contributed by atoms with van der Waals surface area (Å²) in [6, 6.07) is 14.2. The van der Waals surface area contributed by atoms with Crippen molar-refractivity contribution in [1.82, 2.24) is 14.3 Å². The molecule has 4 rings (SSSR count). The zero-order valence-corrected chi connectivity index (χ0v) is 17.6. The van der Waals surface area contributed by atoms with Gasteiger partial charge in [-0.1, -0.05) is 43.3 Å². The third-order valence-electron chi connectivity index (χ3n) is 5.12. The van der Waals surface area contributed by atoms with E-state index in [9.17, 15) is 14.7 Å². The quantitative estimate of drug-likeness (QED) is 0.463. The number of aromatic nitrogens is 3. The summed E-state index contributed by atoms with van der Waals surface area (Å²) in [6.45, 7) is 6.22. The number of azo groups is 1. The van der Waals surface area contributed by atoms with Crippen LogP contribution in [0.2, 0.25) is 0 Å². The van der Waals surface area contributed by atoms with E-state index in [-0.39, 0.29) is 28.9 Å². The Morgan fingerprint density at radius 3 is 2.39 bits per heavy atom. The van der Waals surface area contributed by atoms with Crippen molar-refractivity contribution in [2.45, 2.75) is 39.8 Å². The summed E-state index contributed by atoms with van der Waals surface area (Å²) in [5.74, 6) is -0.733. The normalized spacial score (nSPS) is 11.9. The van der Waals surface area contributed by atoms with E-state index in [0.29, 0.717) is 29.1 Å². The molecule has 0 radical (unpaired) electrons. The molecule has 0 aliphatic heterocycles. The number of carbonyl (C=O) groups excluding carboxylic acids is 1. The van der Waals surface area contributed by atoms with Crippen LogP contribution in [0.25, 0.3) is 21.7 Å². The van der Waals surface area contributed by atoms with E-state index < -0.39 is 5.91 Å². The zero-order valence-electron chi connectivity index (χ0n) is 17.6. The first-order valence-corrected chi connectivity index (χ1v) is 10.2. The molecule has 1 amide bonds. The smallest absolute Gasteiger partial charge is 0.316 e. The number of fused-ring (bicyclic) bond motifs is 2. The van der Waals surface area contributed by atoms with Gasteiger partial charge in [0.1, 0.15) is 0 Å². The molecule has 2 aromatic carbocycles. The van der Waals surface area contributed by atoms with Gasteiger partial charge in [0.05, 0.1) is 10.9 Å². The molecular weight excluding hydrogens is 394 g/mol. The van der Waals surface area contributed by atoms with Gasteiger partial charge >= 0.3 is 5.91 Å². The minimum absolute atomic E-state index is 0.00670. The number of carbonyl (C=O) groups is 1. The molecule has 0 saturated heterocycles.